The first-order valence-corrected chi connectivity index (χ1v) is 4.70. The summed E-state index contributed by atoms with van der Waals surface area (Å²) in [6.07, 6.45) is 1.17. The second kappa shape index (κ2) is 3.38. The van der Waals surface area contributed by atoms with Gasteiger partial charge in [0.05, 0.1) is 5.39 Å². The molecule has 1 aromatic heterocycles. The first-order valence-electron chi connectivity index (χ1n) is 3.90. The van der Waals surface area contributed by atoms with Crippen LogP contribution in [0.15, 0.2) is 39.7 Å². The Labute approximate surface area is 87.5 Å². The summed E-state index contributed by atoms with van der Waals surface area (Å²) in [5.41, 5.74) is 0.187. The molecule has 0 saturated carbocycles. The number of rotatable bonds is 1. The predicted octanol–water partition coefficient (Wildman–Crippen LogP) is 2.33. The molecule has 4 heteroatoms. The van der Waals surface area contributed by atoms with Gasteiger partial charge in [-0.25, -0.2) is 0 Å². The average Bonchev–Trinajstić information content (AvgIpc) is 2.18. The third-order valence-corrected chi connectivity index (χ3v) is 2.32. The maximum absolute atomic E-state index is 11.7. The fourth-order valence-corrected chi connectivity index (χ4v) is 1.49. The summed E-state index contributed by atoms with van der Waals surface area (Å²) < 4.78 is 4.67. The molecule has 70 valence electrons. The van der Waals surface area contributed by atoms with Gasteiger partial charge in [-0.15, -0.1) is 0 Å². The van der Waals surface area contributed by atoms with E-state index < -0.39 is 4.69 Å². The van der Waals surface area contributed by atoms with Crippen molar-refractivity contribution < 1.29 is 9.21 Å². The second-order valence-corrected chi connectivity index (χ2v) is 3.47. The molecule has 1 aromatic carbocycles. The molecular weight excluding hydrogens is 248 g/mol. The van der Waals surface area contributed by atoms with Gasteiger partial charge in [0.25, 0.3) is 0 Å². The quantitative estimate of drug-likeness (QED) is 0.732. The summed E-state index contributed by atoms with van der Waals surface area (Å²) in [4.78, 5) is 22.6. The van der Waals surface area contributed by atoms with E-state index in [9.17, 15) is 9.59 Å². The lowest BCUT2D eigenvalue weighted by Gasteiger charge is -1.96. The molecule has 0 spiro atoms. The van der Waals surface area contributed by atoms with Gasteiger partial charge in [-0.2, -0.15) is 0 Å². The van der Waals surface area contributed by atoms with Gasteiger partial charge >= 0.3 is 0 Å². The highest BCUT2D eigenvalue weighted by Crippen LogP contribution is 2.11. The van der Waals surface area contributed by atoms with E-state index in [4.69, 9.17) is 4.42 Å². The molecule has 3 nitrogen and oxygen atoms in total. The highest BCUT2D eigenvalue weighted by atomic mass is 79.9. The van der Waals surface area contributed by atoms with Crippen LogP contribution in [0.4, 0.5) is 0 Å². The fraction of sp³-hybridized carbons (Fsp3) is 0. The van der Waals surface area contributed by atoms with Crippen molar-refractivity contribution in [3.63, 3.8) is 0 Å². The van der Waals surface area contributed by atoms with Crippen molar-refractivity contribution in [3.05, 3.63) is 46.3 Å². The first-order chi connectivity index (χ1) is 6.70. The van der Waals surface area contributed by atoms with Crippen LogP contribution < -0.4 is 5.43 Å². The van der Waals surface area contributed by atoms with E-state index in [1.54, 1.807) is 24.3 Å². The third-order valence-electron chi connectivity index (χ3n) is 1.89. The van der Waals surface area contributed by atoms with Crippen LogP contribution in [0.25, 0.3) is 11.0 Å². The molecule has 0 radical (unpaired) electrons. The number of fused-ring (bicyclic) bond motifs is 1. The van der Waals surface area contributed by atoms with E-state index in [0.29, 0.717) is 11.0 Å². The zero-order chi connectivity index (χ0) is 10.1. The largest absolute Gasteiger partial charge is 0.463 e. The summed E-state index contributed by atoms with van der Waals surface area (Å²) >= 11 is 2.72. The Bertz CT molecular complexity index is 557. The van der Waals surface area contributed by atoms with Gasteiger partial charge in [0, 0.05) is 0 Å². The SMILES string of the molecule is O=C(Br)c1coc2ccccc2c1=O. The van der Waals surface area contributed by atoms with Gasteiger partial charge in [0.1, 0.15) is 17.4 Å². The number of halogens is 1. The molecule has 14 heavy (non-hydrogen) atoms. The van der Waals surface area contributed by atoms with E-state index in [2.05, 4.69) is 15.9 Å². The van der Waals surface area contributed by atoms with E-state index in [1.807, 2.05) is 0 Å². The fourth-order valence-electron chi connectivity index (χ4n) is 1.21. The minimum absolute atomic E-state index is 0.0173. The van der Waals surface area contributed by atoms with E-state index in [-0.39, 0.29) is 11.0 Å². The summed E-state index contributed by atoms with van der Waals surface area (Å²) in [7, 11) is 0. The van der Waals surface area contributed by atoms with Gasteiger partial charge in [0.15, 0.2) is 0 Å². The normalized spacial score (nSPS) is 10.4. The minimum Gasteiger partial charge on any atom is -0.463 e. The molecule has 0 atom stereocenters. The first kappa shape index (κ1) is 9.15. The Morgan fingerprint density at radius 2 is 2.00 bits per heavy atom. The Kier molecular flexibility index (Phi) is 2.21. The Morgan fingerprint density at radius 3 is 2.71 bits per heavy atom. The van der Waals surface area contributed by atoms with Crippen LogP contribution in [0.1, 0.15) is 10.4 Å². The summed E-state index contributed by atoms with van der Waals surface area (Å²) in [6, 6.07) is 6.79. The molecule has 0 N–H and O–H groups in total. The topological polar surface area (TPSA) is 47.3 Å². The second-order valence-electron chi connectivity index (χ2n) is 2.75. The van der Waals surface area contributed by atoms with Gasteiger partial charge in [-0.1, -0.05) is 12.1 Å². The van der Waals surface area contributed by atoms with Crippen LogP contribution in [0.2, 0.25) is 0 Å². The minimum atomic E-state index is -0.461. The standard InChI is InChI=1S/C10H5BrO3/c11-10(13)7-5-14-8-4-2-1-3-6(8)9(7)12/h1-5H. The van der Waals surface area contributed by atoms with Gasteiger partial charge in [-0.3, -0.25) is 9.59 Å². The third kappa shape index (κ3) is 1.37. The average molecular weight is 253 g/mol. The molecule has 0 amide bonds. The lowest BCUT2D eigenvalue weighted by molar-refractivity contribution is 0.109. The lowest BCUT2D eigenvalue weighted by atomic mass is 10.2. The smallest absolute Gasteiger partial charge is 0.235 e. The molecule has 0 bridgehead atoms. The van der Waals surface area contributed by atoms with Crippen molar-refractivity contribution in [2.24, 2.45) is 0 Å². The summed E-state index contributed by atoms with van der Waals surface area (Å²) in [5, 5.41) is 0.415. The molecule has 0 unspecified atom stereocenters. The molecule has 0 aliphatic heterocycles. The Morgan fingerprint density at radius 1 is 1.29 bits per heavy atom. The van der Waals surface area contributed by atoms with Crippen LogP contribution in [-0.2, 0) is 0 Å². The summed E-state index contributed by atoms with van der Waals surface area (Å²) in [5.74, 6) is 0. The highest BCUT2D eigenvalue weighted by Gasteiger charge is 2.10. The number of hydrogen-bond donors (Lipinski definition) is 0. The maximum atomic E-state index is 11.7. The predicted molar refractivity (Wildman–Crippen MR) is 55.7 cm³/mol. The Hall–Kier alpha value is -1.42. The van der Waals surface area contributed by atoms with Gasteiger partial charge in [-0.05, 0) is 28.1 Å². The van der Waals surface area contributed by atoms with Gasteiger partial charge in [0.2, 0.25) is 10.1 Å². The number of benzene rings is 1. The van der Waals surface area contributed by atoms with Crippen molar-refractivity contribution in [2.75, 3.05) is 0 Å². The maximum Gasteiger partial charge on any atom is 0.235 e. The van der Waals surface area contributed by atoms with Gasteiger partial charge < -0.3 is 4.42 Å². The molecule has 0 aliphatic rings. The van der Waals surface area contributed by atoms with Crippen LogP contribution in [0.5, 0.6) is 0 Å². The highest BCUT2D eigenvalue weighted by molar-refractivity contribution is 9.18. The molecule has 0 aliphatic carbocycles. The van der Waals surface area contributed by atoms with E-state index in [1.165, 1.54) is 6.26 Å². The number of carbonyl (C=O) groups is 1. The van der Waals surface area contributed by atoms with E-state index >= 15 is 0 Å². The zero-order valence-corrected chi connectivity index (χ0v) is 8.58. The molecule has 2 aromatic rings. The number of hydrogen-bond acceptors (Lipinski definition) is 3. The number of para-hydroxylation sites is 1. The molecule has 2 rings (SSSR count). The van der Waals surface area contributed by atoms with Crippen molar-refractivity contribution >= 4 is 31.6 Å². The van der Waals surface area contributed by atoms with E-state index in [0.717, 1.165) is 0 Å². The van der Waals surface area contributed by atoms with Crippen LogP contribution in [0, 0.1) is 0 Å². The van der Waals surface area contributed by atoms with Crippen LogP contribution >= 0.6 is 15.9 Å². The molecular formula is C10H5BrO3. The van der Waals surface area contributed by atoms with Crippen molar-refractivity contribution in [3.8, 4) is 0 Å². The lowest BCUT2D eigenvalue weighted by Crippen LogP contribution is -2.10. The Balaban J connectivity index is 2.89. The van der Waals surface area contributed by atoms with Crippen LogP contribution in [-0.4, -0.2) is 4.69 Å². The van der Waals surface area contributed by atoms with Crippen molar-refractivity contribution in [1.29, 1.82) is 0 Å². The zero-order valence-electron chi connectivity index (χ0n) is 6.99. The monoisotopic (exact) mass is 252 g/mol. The molecule has 0 saturated heterocycles. The summed E-state index contributed by atoms with van der Waals surface area (Å²) in [6.45, 7) is 0. The molecule has 1 heterocycles. The van der Waals surface area contributed by atoms with Crippen molar-refractivity contribution in [1.82, 2.24) is 0 Å². The van der Waals surface area contributed by atoms with Crippen molar-refractivity contribution in [2.45, 2.75) is 0 Å². The number of carbonyl (C=O) groups excluding carboxylic acids is 1. The molecule has 0 fully saturated rings. The van der Waals surface area contributed by atoms with Crippen LogP contribution in [0.3, 0.4) is 0 Å².